The van der Waals surface area contributed by atoms with Crippen LogP contribution in [0, 0.1) is 11.7 Å². The van der Waals surface area contributed by atoms with Gasteiger partial charge in [0, 0.05) is 5.02 Å². The molecular weight excluding hydrogens is 232 g/mol. The zero-order valence-corrected chi connectivity index (χ0v) is 9.56. The molecule has 2 rings (SSSR count). The minimum absolute atomic E-state index is 0.324. The van der Waals surface area contributed by atoms with E-state index in [1.807, 2.05) is 19.1 Å². The Morgan fingerprint density at radius 2 is 2.27 bits per heavy atom. The van der Waals surface area contributed by atoms with Crippen molar-refractivity contribution in [2.75, 3.05) is 5.73 Å². The summed E-state index contributed by atoms with van der Waals surface area (Å²) in [5, 5.41) is 7.11. The fraction of sp³-hybridized carbons (Fsp3) is 0.111. The molecule has 1 aromatic heterocycles. The van der Waals surface area contributed by atoms with Crippen LogP contribution < -0.4 is 5.73 Å². The summed E-state index contributed by atoms with van der Waals surface area (Å²) >= 11 is 11.0. The zero-order valence-electron chi connectivity index (χ0n) is 7.99. The number of anilines is 1. The molecule has 0 radical (unpaired) electrons. The number of aromatic amines is 1. The Morgan fingerprint density at radius 1 is 1.53 bits per heavy atom. The Kier molecular flexibility index (Phi) is 2.50. The number of hydrogen-bond acceptors (Lipinski definition) is 3. The van der Waals surface area contributed by atoms with Gasteiger partial charge in [0.2, 0.25) is 10.7 Å². The third-order valence-corrected chi connectivity index (χ3v) is 2.62. The highest BCUT2D eigenvalue weighted by Crippen LogP contribution is 2.21. The van der Waals surface area contributed by atoms with Crippen molar-refractivity contribution in [3.05, 3.63) is 33.6 Å². The number of nitrogens with zero attached hydrogens (tertiary/aromatic N) is 2. The van der Waals surface area contributed by atoms with E-state index in [0.29, 0.717) is 15.7 Å². The fourth-order valence-electron chi connectivity index (χ4n) is 1.37. The molecule has 78 valence electrons. The Hall–Kier alpha value is -1.33. The number of rotatable bonds is 1. The summed E-state index contributed by atoms with van der Waals surface area (Å²) in [5.74, 6) is 0.324. The summed E-state index contributed by atoms with van der Waals surface area (Å²) in [6.45, 7) is 1.96. The average Bonchev–Trinajstić information content (AvgIpc) is 2.51. The maximum Gasteiger partial charge on any atom is 0.225 e. The van der Waals surface area contributed by atoms with E-state index < -0.39 is 0 Å². The smallest absolute Gasteiger partial charge is 0.225 e. The van der Waals surface area contributed by atoms with Gasteiger partial charge in [0.15, 0.2) is 0 Å². The SMILES string of the molecule is Cc1ccc(Cl)cc1-n1c(N)n[nH]c1=S. The van der Waals surface area contributed by atoms with Gasteiger partial charge in [0.05, 0.1) is 5.69 Å². The fourth-order valence-corrected chi connectivity index (χ4v) is 1.77. The van der Waals surface area contributed by atoms with Crippen LogP contribution in [0.15, 0.2) is 18.2 Å². The lowest BCUT2D eigenvalue weighted by atomic mass is 10.2. The van der Waals surface area contributed by atoms with Gasteiger partial charge in [-0.3, -0.25) is 4.57 Å². The molecule has 0 aliphatic rings. The van der Waals surface area contributed by atoms with E-state index in [4.69, 9.17) is 29.6 Å². The van der Waals surface area contributed by atoms with Crippen LogP contribution in [0.25, 0.3) is 5.69 Å². The second-order valence-corrected chi connectivity index (χ2v) is 3.98. The van der Waals surface area contributed by atoms with Crippen molar-refractivity contribution in [2.24, 2.45) is 0 Å². The summed E-state index contributed by atoms with van der Waals surface area (Å²) in [6, 6.07) is 5.53. The first-order chi connectivity index (χ1) is 7.09. The number of nitrogens with two attached hydrogens (primary N) is 1. The van der Waals surface area contributed by atoms with E-state index in [1.165, 1.54) is 0 Å². The molecule has 0 atom stereocenters. The molecule has 6 heteroatoms. The summed E-state index contributed by atoms with van der Waals surface area (Å²) in [4.78, 5) is 0. The van der Waals surface area contributed by atoms with E-state index in [9.17, 15) is 0 Å². The van der Waals surface area contributed by atoms with Crippen molar-refractivity contribution in [3.63, 3.8) is 0 Å². The second kappa shape index (κ2) is 3.67. The molecule has 3 N–H and O–H groups in total. The number of H-pyrrole nitrogens is 1. The highest BCUT2D eigenvalue weighted by Gasteiger charge is 2.07. The maximum absolute atomic E-state index is 5.92. The monoisotopic (exact) mass is 240 g/mol. The molecule has 0 aliphatic carbocycles. The Morgan fingerprint density at radius 3 is 2.87 bits per heavy atom. The lowest BCUT2D eigenvalue weighted by Gasteiger charge is -2.07. The standard InChI is InChI=1S/C9H9ClN4S/c1-5-2-3-6(10)4-7(5)14-8(11)12-13-9(14)15/h2-4H,1H3,(H2,11,12)(H,13,15). The lowest BCUT2D eigenvalue weighted by Crippen LogP contribution is -2.02. The molecule has 0 bridgehead atoms. The number of aromatic nitrogens is 3. The Labute approximate surface area is 96.7 Å². The quantitative estimate of drug-likeness (QED) is 0.753. The van der Waals surface area contributed by atoms with Gasteiger partial charge in [-0.15, -0.1) is 5.10 Å². The number of aryl methyl sites for hydroxylation is 1. The number of nitrogen functional groups attached to an aromatic ring is 1. The molecule has 0 spiro atoms. The van der Waals surface area contributed by atoms with E-state index in [2.05, 4.69) is 10.2 Å². The normalized spacial score (nSPS) is 10.5. The Balaban J connectivity index is 2.74. The molecule has 0 saturated heterocycles. The maximum atomic E-state index is 5.92. The van der Waals surface area contributed by atoms with Gasteiger partial charge in [-0.25, -0.2) is 5.10 Å². The largest absolute Gasteiger partial charge is 0.368 e. The van der Waals surface area contributed by atoms with Crippen molar-refractivity contribution in [2.45, 2.75) is 6.92 Å². The van der Waals surface area contributed by atoms with Crippen molar-refractivity contribution in [1.82, 2.24) is 14.8 Å². The first-order valence-corrected chi connectivity index (χ1v) is 5.07. The van der Waals surface area contributed by atoms with E-state index in [1.54, 1.807) is 10.6 Å². The van der Waals surface area contributed by atoms with E-state index in [-0.39, 0.29) is 0 Å². The predicted molar refractivity (Wildman–Crippen MR) is 62.9 cm³/mol. The van der Waals surface area contributed by atoms with Crippen LogP contribution in [-0.4, -0.2) is 14.8 Å². The van der Waals surface area contributed by atoms with Crippen molar-refractivity contribution in [3.8, 4) is 5.69 Å². The second-order valence-electron chi connectivity index (χ2n) is 3.15. The highest BCUT2D eigenvalue weighted by atomic mass is 35.5. The van der Waals surface area contributed by atoms with Crippen LogP contribution in [0.3, 0.4) is 0 Å². The van der Waals surface area contributed by atoms with Gasteiger partial charge in [-0.1, -0.05) is 17.7 Å². The van der Waals surface area contributed by atoms with Crippen LogP contribution >= 0.6 is 23.8 Å². The molecule has 4 nitrogen and oxygen atoms in total. The van der Waals surface area contributed by atoms with Crippen LogP contribution in [0.5, 0.6) is 0 Å². The van der Waals surface area contributed by atoms with Crippen molar-refractivity contribution in [1.29, 1.82) is 0 Å². The minimum Gasteiger partial charge on any atom is -0.368 e. The van der Waals surface area contributed by atoms with Crippen LogP contribution in [0.4, 0.5) is 5.95 Å². The van der Waals surface area contributed by atoms with Crippen molar-refractivity contribution < 1.29 is 0 Å². The predicted octanol–water partition coefficient (Wildman–Crippen LogP) is 2.47. The molecular formula is C9H9ClN4S. The minimum atomic E-state index is 0.324. The van der Waals surface area contributed by atoms with Crippen molar-refractivity contribution >= 4 is 29.8 Å². The molecule has 2 aromatic rings. The van der Waals surface area contributed by atoms with Crippen LogP contribution in [-0.2, 0) is 0 Å². The number of nitrogens with one attached hydrogen (secondary N) is 1. The van der Waals surface area contributed by atoms with Gasteiger partial charge in [0.25, 0.3) is 0 Å². The van der Waals surface area contributed by atoms with Gasteiger partial charge < -0.3 is 5.73 Å². The lowest BCUT2D eigenvalue weighted by molar-refractivity contribution is 1.02. The van der Waals surface area contributed by atoms with Gasteiger partial charge >= 0.3 is 0 Å². The first-order valence-electron chi connectivity index (χ1n) is 4.29. The molecule has 0 unspecified atom stereocenters. The summed E-state index contributed by atoms with van der Waals surface area (Å²) in [7, 11) is 0. The molecule has 0 amide bonds. The van der Waals surface area contributed by atoms with Crippen LogP contribution in [0.1, 0.15) is 5.56 Å². The highest BCUT2D eigenvalue weighted by molar-refractivity contribution is 7.71. The molecule has 1 aromatic carbocycles. The molecule has 1 heterocycles. The van der Waals surface area contributed by atoms with E-state index >= 15 is 0 Å². The summed E-state index contributed by atoms with van der Waals surface area (Å²) in [5.41, 5.74) is 7.58. The first kappa shape index (κ1) is 10.2. The van der Waals surface area contributed by atoms with E-state index in [0.717, 1.165) is 11.3 Å². The third-order valence-electron chi connectivity index (χ3n) is 2.11. The summed E-state index contributed by atoms with van der Waals surface area (Å²) in [6.07, 6.45) is 0. The third kappa shape index (κ3) is 1.75. The number of hydrogen-bond donors (Lipinski definition) is 2. The Bertz CT molecular complexity index is 557. The number of halogens is 1. The topological polar surface area (TPSA) is 59.6 Å². The molecule has 0 saturated carbocycles. The van der Waals surface area contributed by atoms with Gasteiger partial charge in [0.1, 0.15) is 0 Å². The van der Waals surface area contributed by atoms with Gasteiger partial charge in [-0.2, -0.15) is 0 Å². The number of benzene rings is 1. The average molecular weight is 241 g/mol. The molecule has 15 heavy (non-hydrogen) atoms. The zero-order chi connectivity index (χ0) is 11.0. The summed E-state index contributed by atoms with van der Waals surface area (Å²) < 4.78 is 2.11. The van der Waals surface area contributed by atoms with Gasteiger partial charge in [-0.05, 0) is 36.8 Å². The molecule has 0 aliphatic heterocycles. The molecule has 0 fully saturated rings. The van der Waals surface area contributed by atoms with Crippen LogP contribution in [0.2, 0.25) is 5.02 Å².